The average Bonchev–Trinajstić information content (AvgIpc) is 3.32. The number of anilines is 1. The zero-order valence-electron chi connectivity index (χ0n) is 16.8. The Morgan fingerprint density at radius 1 is 0.677 bits per heavy atom. The molecular weight excluding hydrogens is 386 g/mol. The molecule has 31 heavy (non-hydrogen) atoms. The van der Waals surface area contributed by atoms with Gasteiger partial charge in [-0.1, -0.05) is 84.9 Å². The Morgan fingerprint density at radius 2 is 1.32 bits per heavy atom. The van der Waals surface area contributed by atoms with Crippen LogP contribution >= 0.6 is 0 Å². The minimum Gasteiger partial charge on any atom is -0.454 e. The van der Waals surface area contributed by atoms with E-state index in [4.69, 9.17) is 14.2 Å². The van der Waals surface area contributed by atoms with Gasteiger partial charge < -0.3 is 19.5 Å². The summed E-state index contributed by atoms with van der Waals surface area (Å²) in [6.07, 6.45) is -0.371. The SMILES string of the molecule is c1ccc(C2(c3ccccc3)OC(c3ccc4c(c3)OCO4)Nc3ccccc32)cc1. The molecule has 2 aliphatic heterocycles. The maximum absolute atomic E-state index is 7.01. The van der Waals surface area contributed by atoms with Gasteiger partial charge in [0, 0.05) is 16.8 Å². The number of rotatable bonds is 3. The Bertz CT molecular complexity index is 1180. The number of hydrogen-bond donors (Lipinski definition) is 1. The highest BCUT2D eigenvalue weighted by atomic mass is 16.7. The number of hydrogen-bond acceptors (Lipinski definition) is 4. The van der Waals surface area contributed by atoms with E-state index in [1.165, 1.54) is 0 Å². The molecule has 0 saturated heterocycles. The summed E-state index contributed by atoms with van der Waals surface area (Å²) in [5, 5.41) is 3.58. The first-order valence-corrected chi connectivity index (χ1v) is 10.4. The fourth-order valence-corrected chi connectivity index (χ4v) is 4.51. The van der Waals surface area contributed by atoms with Crippen LogP contribution in [-0.2, 0) is 10.3 Å². The molecule has 0 amide bonds. The highest BCUT2D eigenvalue weighted by Gasteiger charge is 2.45. The van der Waals surface area contributed by atoms with E-state index >= 15 is 0 Å². The zero-order valence-corrected chi connectivity index (χ0v) is 16.8. The standard InChI is InChI=1S/C27H21NO3/c1-3-9-20(10-4-1)27(21-11-5-2-6-12-21)22-13-7-8-14-23(22)28-26(31-27)19-15-16-24-25(17-19)30-18-29-24/h1-17,26,28H,18H2. The van der Waals surface area contributed by atoms with Crippen LogP contribution in [0, 0.1) is 0 Å². The number of ether oxygens (including phenoxy) is 3. The van der Waals surface area contributed by atoms with E-state index in [1.54, 1.807) is 0 Å². The van der Waals surface area contributed by atoms with Crippen molar-refractivity contribution in [2.24, 2.45) is 0 Å². The molecule has 2 heterocycles. The van der Waals surface area contributed by atoms with Gasteiger partial charge in [-0.2, -0.15) is 0 Å². The first-order chi connectivity index (χ1) is 15.3. The molecular formula is C27H21NO3. The zero-order chi connectivity index (χ0) is 20.7. The topological polar surface area (TPSA) is 39.7 Å². The van der Waals surface area contributed by atoms with E-state index in [-0.39, 0.29) is 13.0 Å². The van der Waals surface area contributed by atoms with Crippen LogP contribution in [0.1, 0.15) is 28.5 Å². The van der Waals surface area contributed by atoms with Crippen molar-refractivity contribution in [3.63, 3.8) is 0 Å². The summed E-state index contributed by atoms with van der Waals surface area (Å²) in [4.78, 5) is 0. The van der Waals surface area contributed by atoms with Crippen LogP contribution < -0.4 is 14.8 Å². The van der Waals surface area contributed by atoms with Crippen molar-refractivity contribution >= 4 is 5.69 Å². The van der Waals surface area contributed by atoms with Crippen molar-refractivity contribution in [2.45, 2.75) is 11.8 Å². The Kier molecular flexibility index (Phi) is 4.18. The average molecular weight is 407 g/mol. The molecule has 2 aliphatic rings. The van der Waals surface area contributed by atoms with Gasteiger partial charge in [0.05, 0.1) is 0 Å². The van der Waals surface area contributed by atoms with Crippen molar-refractivity contribution in [1.29, 1.82) is 0 Å². The lowest BCUT2D eigenvalue weighted by atomic mass is 9.78. The van der Waals surface area contributed by atoms with Gasteiger partial charge in [-0.05, 0) is 29.3 Å². The molecule has 152 valence electrons. The highest BCUT2D eigenvalue weighted by molar-refractivity contribution is 5.64. The summed E-state index contributed by atoms with van der Waals surface area (Å²) in [7, 11) is 0. The molecule has 0 spiro atoms. The summed E-state index contributed by atoms with van der Waals surface area (Å²) in [6.45, 7) is 0.249. The van der Waals surface area contributed by atoms with Crippen molar-refractivity contribution < 1.29 is 14.2 Å². The van der Waals surface area contributed by atoms with Crippen LogP contribution in [-0.4, -0.2) is 6.79 Å². The molecule has 4 aromatic carbocycles. The molecule has 1 unspecified atom stereocenters. The van der Waals surface area contributed by atoms with E-state index < -0.39 is 5.60 Å². The lowest BCUT2D eigenvalue weighted by Crippen LogP contribution is -2.40. The first kappa shape index (κ1) is 18.0. The van der Waals surface area contributed by atoms with Gasteiger partial charge in [0.1, 0.15) is 5.60 Å². The van der Waals surface area contributed by atoms with Crippen molar-refractivity contribution in [3.8, 4) is 11.5 Å². The minimum absolute atomic E-state index is 0.249. The van der Waals surface area contributed by atoms with Gasteiger partial charge in [-0.25, -0.2) is 0 Å². The maximum Gasteiger partial charge on any atom is 0.231 e. The van der Waals surface area contributed by atoms with Crippen molar-refractivity contribution in [2.75, 3.05) is 12.1 Å². The molecule has 0 fully saturated rings. The lowest BCUT2D eigenvalue weighted by molar-refractivity contribution is -0.0432. The summed E-state index contributed by atoms with van der Waals surface area (Å²) in [6, 6.07) is 35.1. The van der Waals surface area contributed by atoms with Crippen molar-refractivity contribution in [1.82, 2.24) is 0 Å². The maximum atomic E-state index is 7.01. The molecule has 6 rings (SSSR count). The van der Waals surface area contributed by atoms with E-state index in [9.17, 15) is 0 Å². The first-order valence-electron chi connectivity index (χ1n) is 10.4. The quantitative estimate of drug-likeness (QED) is 0.463. The molecule has 0 saturated carbocycles. The molecule has 0 aliphatic carbocycles. The summed E-state index contributed by atoms with van der Waals surface area (Å²) >= 11 is 0. The lowest BCUT2D eigenvalue weighted by Gasteiger charge is -2.44. The molecule has 4 aromatic rings. The van der Waals surface area contributed by atoms with Gasteiger partial charge >= 0.3 is 0 Å². The molecule has 1 atom stereocenters. The van der Waals surface area contributed by atoms with Crippen LogP contribution in [0.25, 0.3) is 0 Å². The minimum atomic E-state index is -0.759. The van der Waals surface area contributed by atoms with Crippen LogP contribution in [0.4, 0.5) is 5.69 Å². The Hall–Kier alpha value is -3.76. The smallest absolute Gasteiger partial charge is 0.231 e. The van der Waals surface area contributed by atoms with E-state index in [2.05, 4.69) is 78.1 Å². The van der Waals surface area contributed by atoms with Gasteiger partial charge in [0.2, 0.25) is 6.79 Å². The number of fused-ring (bicyclic) bond motifs is 2. The normalized spacial score (nSPS) is 18.1. The van der Waals surface area contributed by atoms with Gasteiger partial charge in [0.15, 0.2) is 17.7 Å². The monoisotopic (exact) mass is 407 g/mol. The van der Waals surface area contributed by atoms with Crippen LogP contribution in [0.5, 0.6) is 11.5 Å². The number of para-hydroxylation sites is 1. The third kappa shape index (κ3) is 2.87. The number of nitrogens with one attached hydrogen (secondary N) is 1. The highest BCUT2D eigenvalue weighted by Crippen LogP contribution is 2.50. The fourth-order valence-electron chi connectivity index (χ4n) is 4.51. The van der Waals surface area contributed by atoms with Crippen molar-refractivity contribution in [3.05, 3.63) is 125 Å². The Balaban J connectivity index is 1.57. The Labute approximate surface area is 181 Å². The number of benzene rings is 4. The third-order valence-corrected chi connectivity index (χ3v) is 5.95. The van der Waals surface area contributed by atoms with E-state index in [0.29, 0.717) is 0 Å². The van der Waals surface area contributed by atoms with E-state index in [0.717, 1.165) is 39.4 Å². The predicted molar refractivity (Wildman–Crippen MR) is 119 cm³/mol. The summed E-state index contributed by atoms with van der Waals surface area (Å²) < 4.78 is 18.1. The van der Waals surface area contributed by atoms with Gasteiger partial charge in [-0.3, -0.25) is 0 Å². The molecule has 4 nitrogen and oxygen atoms in total. The largest absolute Gasteiger partial charge is 0.454 e. The van der Waals surface area contributed by atoms with Gasteiger partial charge in [0.25, 0.3) is 0 Å². The molecule has 0 bridgehead atoms. The molecule has 4 heteroatoms. The van der Waals surface area contributed by atoms with Gasteiger partial charge in [-0.15, -0.1) is 0 Å². The third-order valence-electron chi connectivity index (χ3n) is 5.95. The molecule has 1 N–H and O–H groups in total. The molecule has 0 radical (unpaired) electrons. The second-order valence-corrected chi connectivity index (χ2v) is 7.71. The summed E-state index contributed by atoms with van der Waals surface area (Å²) in [5.41, 5.74) is 4.52. The molecule has 0 aromatic heterocycles. The Morgan fingerprint density at radius 3 is 2.06 bits per heavy atom. The van der Waals surface area contributed by atoms with Crippen LogP contribution in [0.3, 0.4) is 0 Å². The van der Waals surface area contributed by atoms with E-state index in [1.807, 2.05) is 30.3 Å². The predicted octanol–water partition coefficient (Wildman–Crippen LogP) is 5.85. The fraction of sp³-hybridized carbons (Fsp3) is 0.111. The van der Waals surface area contributed by atoms with Crippen LogP contribution in [0.15, 0.2) is 103 Å². The second kappa shape index (κ2) is 7.18. The second-order valence-electron chi connectivity index (χ2n) is 7.71. The van der Waals surface area contributed by atoms with Crippen LogP contribution in [0.2, 0.25) is 0 Å². The summed E-state index contributed by atoms with van der Waals surface area (Å²) in [5.74, 6) is 1.50.